The highest BCUT2D eigenvalue weighted by atomic mass is 16.1. The number of nitrogens with zero attached hydrogens (tertiary/aromatic N) is 3. The van der Waals surface area contributed by atoms with Crippen molar-refractivity contribution in [2.24, 2.45) is 0 Å². The largest absolute Gasteiger partial charge is 0.397 e. The van der Waals surface area contributed by atoms with Gasteiger partial charge in [-0.1, -0.05) is 55.6 Å². The average Bonchev–Trinajstić information content (AvgIpc) is 3.15. The lowest BCUT2D eigenvalue weighted by Crippen LogP contribution is -2.13. The van der Waals surface area contributed by atoms with Gasteiger partial charge in [-0.3, -0.25) is 14.5 Å². The van der Waals surface area contributed by atoms with E-state index in [1.54, 1.807) is 30.5 Å². The van der Waals surface area contributed by atoms with E-state index in [2.05, 4.69) is 37.3 Å². The molecule has 1 amide bonds. The number of hydrogen-bond donors (Lipinski definition) is 2. The molecule has 0 aliphatic rings. The second-order valence-electron chi connectivity index (χ2n) is 7.64. The van der Waals surface area contributed by atoms with Crippen molar-refractivity contribution in [3.05, 3.63) is 121 Å². The number of rotatable bonds is 6. The van der Waals surface area contributed by atoms with Crippen LogP contribution in [0.5, 0.6) is 0 Å². The number of carbonyl (C=O) groups excluding carboxylic acids is 1. The minimum atomic E-state index is -0.192. The molecule has 0 fully saturated rings. The number of carbonyl (C=O) groups is 1. The van der Waals surface area contributed by atoms with Crippen LogP contribution in [0.15, 0.2) is 98.2 Å². The summed E-state index contributed by atoms with van der Waals surface area (Å²) in [6.07, 6.45) is 5.05. The first-order chi connectivity index (χ1) is 16.4. The fourth-order valence-electron chi connectivity index (χ4n) is 3.28. The lowest BCUT2D eigenvalue weighted by atomic mass is 10.1. The van der Waals surface area contributed by atoms with Crippen LogP contribution >= 0.6 is 0 Å². The predicted molar refractivity (Wildman–Crippen MR) is 140 cm³/mol. The summed E-state index contributed by atoms with van der Waals surface area (Å²) in [5.74, 6) is -0.192. The first-order valence-corrected chi connectivity index (χ1v) is 10.9. The van der Waals surface area contributed by atoms with Gasteiger partial charge in [0.15, 0.2) is 0 Å². The average molecular weight is 452 g/mol. The molecule has 0 bridgehead atoms. The van der Waals surface area contributed by atoms with E-state index in [1.165, 1.54) is 0 Å². The molecular formula is C28H29N5O. The summed E-state index contributed by atoms with van der Waals surface area (Å²) in [6, 6.07) is 20.5. The number of nitrogens with two attached hydrogens (primary N) is 1. The van der Waals surface area contributed by atoms with Gasteiger partial charge in [0.25, 0.3) is 5.91 Å². The fraction of sp³-hybridized carbons (Fsp3) is 0.107. The number of anilines is 2. The Hall–Kier alpha value is -4.45. The molecule has 2 aromatic heterocycles. The molecule has 6 heteroatoms. The van der Waals surface area contributed by atoms with Gasteiger partial charge in [-0.15, -0.1) is 0 Å². The molecule has 6 nitrogen and oxygen atoms in total. The van der Waals surface area contributed by atoms with Crippen LogP contribution in [0, 0.1) is 13.8 Å². The number of para-hydroxylation sites is 2. The quantitative estimate of drug-likeness (QED) is 0.286. The maximum atomic E-state index is 12.5. The Balaban J connectivity index is 0.000000751. The second kappa shape index (κ2) is 11.4. The molecule has 0 radical (unpaired) electrons. The lowest BCUT2D eigenvalue weighted by Gasteiger charge is -2.09. The molecule has 4 aromatic rings. The number of nitrogens with one attached hydrogen (secondary N) is 1. The van der Waals surface area contributed by atoms with Crippen molar-refractivity contribution in [2.75, 3.05) is 11.1 Å². The summed E-state index contributed by atoms with van der Waals surface area (Å²) in [5, 5.41) is 7.60. The van der Waals surface area contributed by atoms with Gasteiger partial charge in [0, 0.05) is 17.5 Å². The zero-order valence-corrected chi connectivity index (χ0v) is 19.5. The SMILES string of the molecule is C=CC=C.Cc1c(-c2ccccn2)nn(Cc2ccc(C(=O)Nc3ccccc3N)cc2)c1C. The molecule has 4 rings (SSSR count). The van der Waals surface area contributed by atoms with Crippen LogP contribution in [0.1, 0.15) is 27.2 Å². The zero-order chi connectivity index (χ0) is 24.5. The molecule has 0 spiro atoms. The van der Waals surface area contributed by atoms with Gasteiger partial charge in [0.1, 0.15) is 5.69 Å². The first kappa shape index (κ1) is 24.2. The van der Waals surface area contributed by atoms with Gasteiger partial charge in [-0.2, -0.15) is 5.10 Å². The van der Waals surface area contributed by atoms with Gasteiger partial charge in [-0.25, -0.2) is 0 Å². The predicted octanol–water partition coefficient (Wildman–Crippen LogP) is 5.80. The molecule has 172 valence electrons. The maximum Gasteiger partial charge on any atom is 0.255 e. The molecule has 2 aromatic carbocycles. The summed E-state index contributed by atoms with van der Waals surface area (Å²) in [7, 11) is 0. The standard InChI is InChI=1S/C24H23N5O.C4H6/c1-16-17(2)29(28-23(16)22-9-5-6-14-26-22)15-18-10-12-19(13-11-18)24(30)27-21-8-4-3-7-20(21)25;1-3-4-2/h3-14H,15,25H2,1-2H3,(H,27,30);3-4H,1-2H2. The fourth-order valence-corrected chi connectivity index (χ4v) is 3.28. The topological polar surface area (TPSA) is 85.8 Å². The zero-order valence-electron chi connectivity index (χ0n) is 19.5. The van der Waals surface area contributed by atoms with E-state index < -0.39 is 0 Å². The van der Waals surface area contributed by atoms with Gasteiger partial charge < -0.3 is 11.1 Å². The molecule has 0 aliphatic heterocycles. The number of pyridine rings is 1. The van der Waals surface area contributed by atoms with Gasteiger partial charge in [-0.05, 0) is 61.4 Å². The highest BCUT2D eigenvalue weighted by Gasteiger charge is 2.14. The van der Waals surface area contributed by atoms with Crippen LogP contribution in [-0.2, 0) is 6.54 Å². The van der Waals surface area contributed by atoms with Crippen molar-refractivity contribution >= 4 is 17.3 Å². The normalized spacial score (nSPS) is 10.1. The van der Waals surface area contributed by atoms with E-state index in [0.29, 0.717) is 23.5 Å². The van der Waals surface area contributed by atoms with Crippen molar-refractivity contribution in [1.82, 2.24) is 14.8 Å². The molecule has 0 aliphatic carbocycles. The van der Waals surface area contributed by atoms with Gasteiger partial charge >= 0.3 is 0 Å². The number of amides is 1. The summed E-state index contributed by atoms with van der Waals surface area (Å²) in [4.78, 5) is 16.9. The smallest absolute Gasteiger partial charge is 0.255 e. The summed E-state index contributed by atoms with van der Waals surface area (Å²) < 4.78 is 1.97. The van der Waals surface area contributed by atoms with Gasteiger partial charge in [0.05, 0.1) is 23.6 Å². The molecular weight excluding hydrogens is 422 g/mol. The third-order valence-corrected chi connectivity index (χ3v) is 5.34. The van der Waals surface area contributed by atoms with Crippen molar-refractivity contribution in [3.63, 3.8) is 0 Å². The lowest BCUT2D eigenvalue weighted by molar-refractivity contribution is 0.102. The van der Waals surface area contributed by atoms with Crippen LogP contribution in [0.4, 0.5) is 11.4 Å². The molecule has 0 unspecified atom stereocenters. The van der Waals surface area contributed by atoms with E-state index >= 15 is 0 Å². The van der Waals surface area contributed by atoms with E-state index in [4.69, 9.17) is 10.8 Å². The van der Waals surface area contributed by atoms with E-state index in [0.717, 1.165) is 28.2 Å². The third-order valence-electron chi connectivity index (χ3n) is 5.34. The van der Waals surface area contributed by atoms with Crippen molar-refractivity contribution in [3.8, 4) is 11.4 Å². The Kier molecular flexibility index (Phi) is 8.13. The van der Waals surface area contributed by atoms with Crippen molar-refractivity contribution in [2.45, 2.75) is 20.4 Å². The molecule has 0 saturated heterocycles. The first-order valence-electron chi connectivity index (χ1n) is 10.9. The summed E-state index contributed by atoms with van der Waals surface area (Å²) in [5.41, 5.74) is 12.6. The summed E-state index contributed by atoms with van der Waals surface area (Å²) >= 11 is 0. The second-order valence-corrected chi connectivity index (χ2v) is 7.64. The van der Waals surface area contributed by atoms with Crippen LogP contribution in [0.3, 0.4) is 0 Å². The Morgan fingerprint density at radius 3 is 2.29 bits per heavy atom. The minimum absolute atomic E-state index is 0.192. The Morgan fingerprint density at radius 1 is 1.00 bits per heavy atom. The van der Waals surface area contributed by atoms with E-state index in [1.807, 2.05) is 59.3 Å². The number of nitrogen functional groups attached to an aromatic ring is 1. The Labute approximate surface area is 200 Å². The van der Waals surface area contributed by atoms with Gasteiger partial charge in [0.2, 0.25) is 0 Å². The third kappa shape index (κ3) is 5.86. The minimum Gasteiger partial charge on any atom is -0.397 e. The summed E-state index contributed by atoms with van der Waals surface area (Å²) in [6.45, 7) is 11.5. The molecule has 0 saturated carbocycles. The molecule has 3 N–H and O–H groups in total. The van der Waals surface area contributed by atoms with E-state index in [9.17, 15) is 4.79 Å². The monoisotopic (exact) mass is 451 g/mol. The highest BCUT2D eigenvalue weighted by Crippen LogP contribution is 2.23. The van der Waals surface area contributed by atoms with Crippen molar-refractivity contribution in [1.29, 1.82) is 0 Å². The maximum absolute atomic E-state index is 12.5. The van der Waals surface area contributed by atoms with Crippen LogP contribution in [0.2, 0.25) is 0 Å². The number of aromatic nitrogens is 3. The van der Waals surface area contributed by atoms with Crippen LogP contribution < -0.4 is 11.1 Å². The number of hydrogen-bond acceptors (Lipinski definition) is 4. The number of benzene rings is 2. The van der Waals surface area contributed by atoms with Crippen LogP contribution in [-0.4, -0.2) is 20.7 Å². The van der Waals surface area contributed by atoms with Crippen molar-refractivity contribution < 1.29 is 4.79 Å². The molecule has 0 atom stereocenters. The Morgan fingerprint density at radius 2 is 1.68 bits per heavy atom. The van der Waals surface area contributed by atoms with Crippen LogP contribution in [0.25, 0.3) is 11.4 Å². The number of allylic oxidation sites excluding steroid dienone is 2. The highest BCUT2D eigenvalue weighted by molar-refractivity contribution is 6.05. The molecule has 34 heavy (non-hydrogen) atoms. The molecule has 2 heterocycles. The Bertz CT molecular complexity index is 1270. The van der Waals surface area contributed by atoms with E-state index in [-0.39, 0.29) is 5.91 Å².